The molecule has 0 bridgehead atoms. The number of carbonyl (C=O) groups excluding carboxylic acids is 2. The minimum Gasteiger partial charge on any atom is -0.482 e. The van der Waals surface area contributed by atoms with Crippen LogP contribution in [0.25, 0.3) is 0 Å². The van der Waals surface area contributed by atoms with Gasteiger partial charge in [-0.15, -0.1) is 0 Å². The number of hydrogen-bond donors (Lipinski definition) is 1. The van der Waals surface area contributed by atoms with Crippen LogP contribution in [0.1, 0.15) is 18.4 Å². The molecule has 0 radical (unpaired) electrons. The number of fused-ring (bicyclic) bond motifs is 1. The summed E-state index contributed by atoms with van der Waals surface area (Å²) >= 11 is 0. The molecule has 6 nitrogen and oxygen atoms in total. The van der Waals surface area contributed by atoms with Crippen molar-refractivity contribution in [3.63, 3.8) is 0 Å². The van der Waals surface area contributed by atoms with Crippen molar-refractivity contribution < 1.29 is 14.3 Å². The van der Waals surface area contributed by atoms with Crippen molar-refractivity contribution >= 4 is 23.7 Å². The summed E-state index contributed by atoms with van der Waals surface area (Å²) in [4.78, 5) is 25.6. The van der Waals surface area contributed by atoms with Gasteiger partial charge in [0.1, 0.15) is 12.3 Å². The highest BCUT2D eigenvalue weighted by Crippen LogP contribution is 2.31. The number of rotatable bonds is 5. The van der Waals surface area contributed by atoms with Crippen molar-refractivity contribution in [1.29, 1.82) is 0 Å². The van der Waals surface area contributed by atoms with E-state index in [2.05, 4.69) is 10.5 Å². The van der Waals surface area contributed by atoms with Crippen LogP contribution in [0.2, 0.25) is 0 Å². The van der Waals surface area contributed by atoms with Gasteiger partial charge in [-0.05, 0) is 17.7 Å². The second-order valence-corrected chi connectivity index (χ2v) is 5.75. The van der Waals surface area contributed by atoms with Crippen molar-refractivity contribution in [1.82, 2.24) is 5.43 Å². The van der Waals surface area contributed by atoms with Crippen LogP contribution in [-0.4, -0.2) is 31.2 Å². The lowest BCUT2D eigenvalue weighted by Crippen LogP contribution is -2.44. The lowest BCUT2D eigenvalue weighted by atomic mass is 10.0. The van der Waals surface area contributed by atoms with E-state index >= 15 is 0 Å². The minimum absolute atomic E-state index is 0.0708. The Balaban J connectivity index is 1.59. The number of nitrogens with one attached hydrogen (secondary N) is 1. The maximum atomic E-state index is 12.1. The first kappa shape index (κ1) is 16.7. The molecule has 2 amide bonds. The fraction of sp³-hybridized carbons (Fsp3) is 0.211. The first-order valence-corrected chi connectivity index (χ1v) is 8.04. The number of anilines is 1. The molecule has 0 spiro atoms. The maximum Gasteiger partial charge on any atom is 0.265 e. The average molecular weight is 337 g/mol. The molecular weight excluding hydrogens is 318 g/mol. The number of hydrazone groups is 1. The van der Waals surface area contributed by atoms with Gasteiger partial charge in [0.25, 0.3) is 11.8 Å². The molecule has 2 aromatic rings. The number of ether oxygens (including phenoxy) is 1. The largest absolute Gasteiger partial charge is 0.482 e. The summed E-state index contributed by atoms with van der Waals surface area (Å²) in [7, 11) is 0. The smallest absolute Gasteiger partial charge is 0.265 e. The van der Waals surface area contributed by atoms with Crippen LogP contribution in [0.3, 0.4) is 0 Å². The molecule has 25 heavy (non-hydrogen) atoms. The topological polar surface area (TPSA) is 71.0 Å². The first-order chi connectivity index (χ1) is 12.1. The summed E-state index contributed by atoms with van der Waals surface area (Å²) in [5.74, 6) is 0.0559. The van der Waals surface area contributed by atoms with Gasteiger partial charge in [-0.1, -0.05) is 49.4 Å². The molecule has 2 aromatic carbocycles. The van der Waals surface area contributed by atoms with Gasteiger partial charge in [0.15, 0.2) is 6.61 Å². The highest BCUT2D eigenvalue weighted by atomic mass is 16.5. The van der Waals surface area contributed by atoms with E-state index in [-0.39, 0.29) is 30.9 Å². The van der Waals surface area contributed by atoms with Crippen molar-refractivity contribution in [2.45, 2.75) is 12.8 Å². The van der Waals surface area contributed by atoms with Gasteiger partial charge in [0, 0.05) is 12.1 Å². The molecule has 0 saturated carbocycles. The van der Waals surface area contributed by atoms with Crippen molar-refractivity contribution in [3.05, 3.63) is 60.2 Å². The molecule has 1 heterocycles. The van der Waals surface area contributed by atoms with Crippen molar-refractivity contribution in [2.75, 3.05) is 18.1 Å². The lowest BCUT2D eigenvalue weighted by molar-refractivity contribution is -0.125. The van der Waals surface area contributed by atoms with Crippen LogP contribution in [0.5, 0.6) is 5.75 Å². The van der Waals surface area contributed by atoms with Crippen LogP contribution < -0.4 is 15.1 Å². The van der Waals surface area contributed by atoms with Gasteiger partial charge in [-0.2, -0.15) is 5.10 Å². The molecule has 128 valence electrons. The van der Waals surface area contributed by atoms with E-state index in [1.807, 2.05) is 43.3 Å². The highest BCUT2D eigenvalue weighted by Gasteiger charge is 2.26. The summed E-state index contributed by atoms with van der Waals surface area (Å²) in [6, 6.07) is 17.0. The Morgan fingerprint density at radius 3 is 2.76 bits per heavy atom. The molecule has 0 fully saturated rings. The quantitative estimate of drug-likeness (QED) is 0.672. The molecule has 6 heteroatoms. The number of hydrogen-bond acceptors (Lipinski definition) is 4. The third-order valence-corrected chi connectivity index (χ3v) is 3.92. The normalized spacial score (nSPS) is 14.8. The molecule has 1 atom stereocenters. The fourth-order valence-electron chi connectivity index (χ4n) is 2.57. The van der Waals surface area contributed by atoms with Crippen molar-refractivity contribution in [2.24, 2.45) is 5.10 Å². The maximum absolute atomic E-state index is 12.1. The first-order valence-electron chi connectivity index (χ1n) is 8.04. The Hall–Kier alpha value is -3.15. The predicted molar refractivity (Wildman–Crippen MR) is 95.8 cm³/mol. The Morgan fingerprint density at radius 2 is 1.96 bits per heavy atom. The highest BCUT2D eigenvalue weighted by molar-refractivity contribution is 6.02. The summed E-state index contributed by atoms with van der Waals surface area (Å²) in [6.07, 6.45) is 1.67. The molecule has 1 aliphatic rings. The average Bonchev–Trinajstić information content (AvgIpc) is 2.65. The van der Waals surface area contributed by atoms with Crippen LogP contribution in [0.4, 0.5) is 5.69 Å². The second kappa shape index (κ2) is 7.61. The van der Waals surface area contributed by atoms with Gasteiger partial charge in [0.05, 0.1) is 5.69 Å². The SMILES string of the molecule is C[C@@H](/C=N\NC(=O)CN1C(=O)COc2ccccc21)c1ccccc1. The Bertz CT molecular complexity index is 790. The molecule has 0 aromatic heterocycles. The van der Waals surface area contributed by atoms with E-state index in [1.54, 1.807) is 24.4 Å². The van der Waals surface area contributed by atoms with E-state index in [4.69, 9.17) is 4.74 Å². The minimum atomic E-state index is -0.360. The van der Waals surface area contributed by atoms with E-state index in [1.165, 1.54) is 4.90 Å². The van der Waals surface area contributed by atoms with Crippen LogP contribution in [-0.2, 0) is 9.59 Å². The number of nitrogens with zero attached hydrogens (tertiary/aromatic N) is 2. The Labute approximate surface area is 146 Å². The lowest BCUT2D eigenvalue weighted by Gasteiger charge is -2.28. The molecule has 0 saturated heterocycles. The van der Waals surface area contributed by atoms with E-state index in [0.717, 1.165) is 5.56 Å². The zero-order valence-corrected chi connectivity index (χ0v) is 13.9. The molecule has 0 unspecified atom stereocenters. The van der Waals surface area contributed by atoms with Crippen molar-refractivity contribution in [3.8, 4) is 5.75 Å². The number of carbonyl (C=O) groups is 2. The van der Waals surface area contributed by atoms with Gasteiger partial charge >= 0.3 is 0 Å². The molecular formula is C19H19N3O3. The van der Waals surface area contributed by atoms with Gasteiger partial charge < -0.3 is 4.74 Å². The van der Waals surface area contributed by atoms with Gasteiger partial charge in [-0.25, -0.2) is 5.43 Å². The van der Waals surface area contributed by atoms with Crippen LogP contribution in [0.15, 0.2) is 59.7 Å². The molecule has 3 rings (SSSR count). The second-order valence-electron chi connectivity index (χ2n) is 5.75. The fourth-order valence-corrected chi connectivity index (χ4v) is 2.57. The summed E-state index contributed by atoms with van der Waals surface area (Å²) in [5.41, 5.74) is 4.18. The standard InChI is InChI=1S/C19H19N3O3/c1-14(15-7-3-2-4-8-15)11-20-21-18(23)12-22-16-9-5-6-10-17(16)25-13-19(22)24/h2-11,14H,12-13H2,1H3,(H,21,23)/b20-11-/t14-/m0/s1. The molecule has 0 aliphatic carbocycles. The molecule has 1 N–H and O–H groups in total. The number of benzene rings is 2. The number of amides is 2. The summed E-state index contributed by atoms with van der Waals surface area (Å²) in [6.45, 7) is 1.82. The predicted octanol–water partition coefficient (Wildman–Crippen LogP) is 2.32. The van der Waals surface area contributed by atoms with Crippen LogP contribution in [0, 0.1) is 0 Å². The zero-order valence-electron chi connectivity index (χ0n) is 13.9. The third-order valence-electron chi connectivity index (χ3n) is 3.92. The van der Waals surface area contributed by atoms with E-state index < -0.39 is 0 Å². The number of para-hydroxylation sites is 2. The van der Waals surface area contributed by atoms with Gasteiger partial charge in [-0.3, -0.25) is 14.5 Å². The van der Waals surface area contributed by atoms with E-state index in [0.29, 0.717) is 11.4 Å². The Kier molecular flexibility index (Phi) is 5.09. The monoisotopic (exact) mass is 337 g/mol. The molecule has 1 aliphatic heterocycles. The van der Waals surface area contributed by atoms with Crippen LogP contribution >= 0.6 is 0 Å². The summed E-state index contributed by atoms with van der Waals surface area (Å²) < 4.78 is 5.36. The van der Waals surface area contributed by atoms with Gasteiger partial charge in [0.2, 0.25) is 0 Å². The third kappa shape index (κ3) is 4.03. The zero-order chi connectivity index (χ0) is 17.6. The Morgan fingerprint density at radius 1 is 1.24 bits per heavy atom. The summed E-state index contributed by atoms with van der Waals surface area (Å²) in [5, 5.41) is 4.00. The van der Waals surface area contributed by atoms with E-state index in [9.17, 15) is 9.59 Å².